The molecule has 126 valence electrons. The van der Waals surface area contributed by atoms with E-state index < -0.39 is 23.9 Å². The zero-order chi connectivity index (χ0) is 17.1. The van der Waals surface area contributed by atoms with Crippen LogP contribution in [0.1, 0.15) is 17.4 Å². The molecule has 1 aliphatic rings. The van der Waals surface area contributed by atoms with E-state index in [1.54, 1.807) is 30.3 Å². The fourth-order valence-electron chi connectivity index (χ4n) is 2.71. The minimum Gasteiger partial charge on any atom is -0.467 e. The van der Waals surface area contributed by atoms with Crippen LogP contribution < -0.4 is 5.32 Å². The molecule has 24 heavy (non-hydrogen) atoms. The van der Waals surface area contributed by atoms with Crippen LogP contribution in [0.5, 0.6) is 0 Å². The van der Waals surface area contributed by atoms with Gasteiger partial charge in [-0.25, -0.2) is 4.39 Å². The second-order valence-electron chi connectivity index (χ2n) is 5.50. The molecule has 0 unspecified atom stereocenters. The number of rotatable bonds is 4. The molecule has 6 nitrogen and oxygen atoms in total. The largest absolute Gasteiger partial charge is 0.467 e. The third-order valence-electron chi connectivity index (χ3n) is 3.98. The molecule has 0 spiro atoms. The Balaban J connectivity index is 1.82. The van der Waals surface area contributed by atoms with Crippen LogP contribution in [0, 0.1) is 5.82 Å². The Morgan fingerprint density at radius 2 is 2.12 bits per heavy atom. The maximum Gasteiger partial charge on any atom is 0.252 e. The van der Waals surface area contributed by atoms with Crippen LogP contribution >= 0.6 is 0 Å². The van der Waals surface area contributed by atoms with Gasteiger partial charge in [-0.3, -0.25) is 9.59 Å². The van der Waals surface area contributed by atoms with Gasteiger partial charge in [0.2, 0.25) is 5.91 Å². The van der Waals surface area contributed by atoms with Crippen LogP contribution in [0.4, 0.5) is 4.39 Å². The van der Waals surface area contributed by atoms with Gasteiger partial charge in [0.25, 0.3) is 5.91 Å². The van der Waals surface area contributed by atoms with Gasteiger partial charge in [0.1, 0.15) is 18.2 Å². The lowest BCUT2D eigenvalue weighted by molar-refractivity contribution is -0.162. The number of amides is 2. The molecule has 2 amide bonds. The molecule has 2 atom stereocenters. The maximum atomic E-state index is 14.2. The van der Waals surface area contributed by atoms with Crippen molar-refractivity contribution in [2.24, 2.45) is 0 Å². The summed E-state index contributed by atoms with van der Waals surface area (Å²) in [7, 11) is 1.54. The first-order valence-corrected chi connectivity index (χ1v) is 7.49. The molecule has 1 aliphatic heterocycles. The Kier molecular flexibility index (Phi) is 4.61. The van der Waals surface area contributed by atoms with Crippen LogP contribution in [0.2, 0.25) is 0 Å². The number of nitrogens with one attached hydrogen (secondary N) is 1. The Bertz CT molecular complexity index is 732. The van der Waals surface area contributed by atoms with Crippen molar-refractivity contribution in [3.05, 3.63) is 59.8 Å². The molecule has 1 aromatic heterocycles. The van der Waals surface area contributed by atoms with Crippen molar-refractivity contribution >= 4 is 11.8 Å². The highest BCUT2D eigenvalue weighted by molar-refractivity contribution is 5.86. The molecule has 1 saturated heterocycles. The van der Waals surface area contributed by atoms with E-state index in [9.17, 15) is 14.0 Å². The van der Waals surface area contributed by atoms with E-state index in [0.717, 1.165) is 0 Å². The molecule has 1 aromatic carbocycles. The van der Waals surface area contributed by atoms with E-state index in [1.807, 2.05) is 0 Å². The summed E-state index contributed by atoms with van der Waals surface area (Å²) < 4.78 is 24.8. The normalized spacial score (nSPS) is 20.9. The summed E-state index contributed by atoms with van der Waals surface area (Å²) in [6.45, 7) is -0.0341. The highest BCUT2D eigenvalue weighted by atomic mass is 19.1. The van der Waals surface area contributed by atoms with Crippen LogP contribution in [-0.2, 0) is 20.9 Å². The molecular formula is C17H17FN2O4. The fourth-order valence-corrected chi connectivity index (χ4v) is 2.71. The third kappa shape index (κ3) is 3.16. The van der Waals surface area contributed by atoms with E-state index in [2.05, 4.69) is 5.32 Å². The molecular weight excluding hydrogens is 315 g/mol. The van der Waals surface area contributed by atoms with Gasteiger partial charge in [0, 0.05) is 12.6 Å². The van der Waals surface area contributed by atoms with E-state index in [0.29, 0.717) is 5.76 Å². The molecule has 2 aromatic rings. The smallest absolute Gasteiger partial charge is 0.252 e. The van der Waals surface area contributed by atoms with Gasteiger partial charge in [-0.1, -0.05) is 18.2 Å². The topological polar surface area (TPSA) is 71.8 Å². The molecule has 0 bridgehead atoms. The Hall–Kier alpha value is -2.67. The minimum absolute atomic E-state index is 0.188. The summed E-state index contributed by atoms with van der Waals surface area (Å²) in [6.07, 6.45) is 0.507. The highest BCUT2D eigenvalue weighted by Crippen LogP contribution is 2.30. The number of benzene rings is 1. The lowest BCUT2D eigenvalue weighted by Crippen LogP contribution is -2.53. The first-order valence-electron chi connectivity index (χ1n) is 7.49. The van der Waals surface area contributed by atoms with Crippen molar-refractivity contribution in [1.29, 1.82) is 0 Å². The Labute approximate surface area is 138 Å². The predicted octanol–water partition coefficient (Wildman–Crippen LogP) is 1.63. The Morgan fingerprint density at radius 3 is 2.83 bits per heavy atom. The second-order valence-corrected chi connectivity index (χ2v) is 5.50. The Morgan fingerprint density at radius 1 is 1.33 bits per heavy atom. The first-order chi connectivity index (χ1) is 11.6. The van der Waals surface area contributed by atoms with Gasteiger partial charge < -0.3 is 19.4 Å². The van der Waals surface area contributed by atoms with Crippen LogP contribution in [0.25, 0.3) is 0 Å². The van der Waals surface area contributed by atoms with Crippen LogP contribution in [-0.4, -0.2) is 36.5 Å². The lowest BCUT2D eigenvalue weighted by atomic mass is 9.97. The highest BCUT2D eigenvalue weighted by Gasteiger charge is 2.41. The molecule has 7 heteroatoms. The maximum absolute atomic E-state index is 14.2. The van der Waals surface area contributed by atoms with Crippen molar-refractivity contribution in [2.75, 3.05) is 13.7 Å². The summed E-state index contributed by atoms with van der Waals surface area (Å²) in [6, 6.07) is 8.66. The van der Waals surface area contributed by atoms with Crippen LogP contribution in [0.3, 0.4) is 0 Å². The zero-order valence-electron chi connectivity index (χ0n) is 13.1. The van der Waals surface area contributed by atoms with Gasteiger partial charge in [-0.15, -0.1) is 0 Å². The third-order valence-corrected chi connectivity index (χ3v) is 3.98. The standard InChI is InChI=1S/C17H17FN2O4/c1-20-14(21)10-24-16(15(20)12-6-2-3-7-13(12)18)17(22)19-9-11-5-4-8-23-11/h2-8,15-16H,9-10H2,1H3,(H,19,22)/t15-,16-/m1/s1. The average Bonchev–Trinajstić information content (AvgIpc) is 3.09. The molecule has 0 radical (unpaired) electrons. The van der Waals surface area contributed by atoms with Gasteiger partial charge in [-0.05, 0) is 18.2 Å². The summed E-state index contributed by atoms with van der Waals surface area (Å²) in [5, 5.41) is 2.69. The van der Waals surface area contributed by atoms with Crippen molar-refractivity contribution in [3.63, 3.8) is 0 Å². The number of carbonyl (C=O) groups is 2. The number of morpholine rings is 1. The summed E-state index contributed by atoms with van der Waals surface area (Å²) in [5.74, 6) is -0.639. The zero-order valence-corrected chi connectivity index (χ0v) is 13.1. The number of hydrogen-bond acceptors (Lipinski definition) is 4. The number of hydrogen-bond donors (Lipinski definition) is 1. The van der Waals surface area contributed by atoms with Gasteiger partial charge in [-0.2, -0.15) is 0 Å². The van der Waals surface area contributed by atoms with Gasteiger partial charge in [0.15, 0.2) is 6.10 Å². The van der Waals surface area contributed by atoms with Crippen molar-refractivity contribution < 1.29 is 23.1 Å². The number of halogens is 1. The predicted molar refractivity (Wildman–Crippen MR) is 82.2 cm³/mol. The molecule has 3 rings (SSSR count). The monoisotopic (exact) mass is 332 g/mol. The number of ether oxygens (including phenoxy) is 1. The molecule has 2 heterocycles. The number of likely N-dealkylation sites (N-methyl/N-ethyl adjacent to an activating group) is 1. The quantitative estimate of drug-likeness (QED) is 0.924. The van der Waals surface area contributed by atoms with E-state index in [1.165, 1.54) is 24.3 Å². The SMILES string of the molecule is CN1C(=O)CO[C@@H](C(=O)NCc2ccco2)[C@H]1c1ccccc1F. The van der Waals surface area contributed by atoms with Gasteiger partial charge >= 0.3 is 0 Å². The fraction of sp³-hybridized carbons (Fsp3) is 0.294. The average molecular weight is 332 g/mol. The van der Waals surface area contributed by atoms with Crippen LogP contribution in [0.15, 0.2) is 47.1 Å². The van der Waals surface area contributed by atoms with E-state index in [4.69, 9.17) is 9.15 Å². The van der Waals surface area contributed by atoms with Crippen molar-refractivity contribution in [3.8, 4) is 0 Å². The van der Waals surface area contributed by atoms with Gasteiger partial charge in [0.05, 0.1) is 18.8 Å². The van der Waals surface area contributed by atoms with E-state index in [-0.39, 0.29) is 24.6 Å². The molecule has 1 N–H and O–H groups in total. The summed E-state index contributed by atoms with van der Waals surface area (Å²) in [5.41, 5.74) is 0.242. The summed E-state index contributed by atoms with van der Waals surface area (Å²) in [4.78, 5) is 25.8. The van der Waals surface area contributed by atoms with E-state index >= 15 is 0 Å². The molecule has 1 fully saturated rings. The number of carbonyl (C=O) groups excluding carboxylic acids is 2. The number of nitrogens with zero attached hydrogens (tertiary/aromatic N) is 1. The first kappa shape index (κ1) is 16.2. The minimum atomic E-state index is -1.00. The lowest BCUT2D eigenvalue weighted by Gasteiger charge is -2.38. The summed E-state index contributed by atoms with van der Waals surface area (Å²) >= 11 is 0. The molecule has 0 aliphatic carbocycles. The number of furan rings is 1. The van der Waals surface area contributed by atoms with Crippen molar-refractivity contribution in [1.82, 2.24) is 10.2 Å². The second kappa shape index (κ2) is 6.84. The van der Waals surface area contributed by atoms with Crippen molar-refractivity contribution in [2.45, 2.75) is 18.7 Å². The molecule has 0 saturated carbocycles.